The van der Waals surface area contributed by atoms with Crippen LogP contribution in [0.1, 0.15) is 13.3 Å². The maximum atomic E-state index is 3.24. The molecule has 0 aromatic rings. The molecule has 0 atom stereocenters. The van der Waals surface area contributed by atoms with E-state index < -0.39 is 0 Å². The molecule has 0 fully saturated rings. The van der Waals surface area contributed by atoms with Gasteiger partial charge in [0.2, 0.25) is 0 Å². The topological polar surface area (TPSA) is 15.3 Å². The molecular formula is C5H9IN2. The second-order valence-corrected chi connectivity index (χ2v) is 2.98. The molecule has 1 aliphatic heterocycles. The SMILES string of the molecule is CCC1=CN(I)CN1. The lowest BCUT2D eigenvalue weighted by Gasteiger charge is -1.99. The van der Waals surface area contributed by atoms with Crippen molar-refractivity contribution in [1.82, 2.24) is 8.43 Å². The summed E-state index contributed by atoms with van der Waals surface area (Å²) in [6, 6.07) is 0. The Morgan fingerprint density at radius 3 is 3.00 bits per heavy atom. The lowest BCUT2D eigenvalue weighted by molar-refractivity contribution is 0.664. The number of nitrogens with zero attached hydrogens (tertiary/aromatic N) is 1. The van der Waals surface area contributed by atoms with E-state index in [2.05, 4.69) is 44.4 Å². The molecule has 46 valence electrons. The zero-order chi connectivity index (χ0) is 5.98. The van der Waals surface area contributed by atoms with E-state index >= 15 is 0 Å². The van der Waals surface area contributed by atoms with Crippen molar-refractivity contribution >= 4 is 22.9 Å². The highest BCUT2D eigenvalue weighted by molar-refractivity contribution is 14.1. The fourth-order valence-electron chi connectivity index (χ4n) is 0.654. The summed E-state index contributed by atoms with van der Waals surface area (Å²) >= 11 is 2.26. The predicted octanol–water partition coefficient (Wildman–Crippen LogP) is 1.45. The van der Waals surface area contributed by atoms with E-state index in [0.29, 0.717) is 0 Å². The van der Waals surface area contributed by atoms with Crippen LogP contribution in [0.3, 0.4) is 0 Å². The summed E-state index contributed by atoms with van der Waals surface area (Å²) in [5.41, 5.74) is 1.33. The molecule has 0 saturated carbocycles. The highest BCUT2D eigenvalue weighted by Crippen LogP contribution is 2.09. The maximum absolute atomic E-state index is 3.24. The molecular weight excluding hydrogens is 215 g/mol. The summed E-state index contributed by atoms with van der Waals surface area (Å²) in [7, 11) is 0. The van der Waals surface area contributed by atoms with Crippen molar-refractivity contribution in [2.24, 2.45) is 0 Å². The Morgan fingerprint density at radius 1 is 2.00 bits per heavy atom. The first-order valence-electron chi connectivity index (χ1n) is 2.70. The highest BCUT2D eigenvalue weighted by Gasteiger charge is 2.04. The molecule has 1 aliphatic rings. The second kappa shape index (κ2) is 2.57. The van der Waals surface area contributed by atoms with Gasteiger partial charge in [-0.15, -0.1) is 0 Å². The van der Waals surface area contributed by atoms with Crippen molar-refractivity contribution in [3.8, 4) is 0 Å². The molecule has 0 amide bonds. The first-order valence-corrected chi connectivity index (χ1v) is 3.66. The zero-order valence-corrected chi connectivity index (χ0v) is 6.97. The van der Waals surface area contributed by atoms with Crippen LogP contribution in [0.15, 0.2) is 11.9 Å². The average Bonchev–Trinajstić information content (AvgIpc) is 2.14. The van der Waals surface area contributed by atoms with Crippen LogP contribution in [-0.4, -0.2) is 9.78 Å². The Kier molecular flexibility index (Phi) is 1.99. The Bertz CT molecular complexity index is 111. The van der Waals surface area contributed by atoms with Gasteiger partial charge < -0.3 is 8.43 Å². The largest absolute Gasteiger partial charge is 0.369 e. The fourth-order valence-corrected chi connectivity index (χ4v) is 1.16. The number of hydrogen-bond donors (Lipinski definition) is 1. The number of halogens is 1. The van der Waals surface area contributed by atoms with E-state index in [1.807, 2.05) is 0 Å². The molecule has 0 bridgehead atoms. The van der Waals surface area contributed by atoms with Crippen LogP contribution in [0.25, 0.3) is 0 Å². The third-order valence-electron chi connectivity index (χ3n) is 1.13. The van der Waals surface area contributed by atoms with E-state index in [1.165, 1.54) is 5.70 Å². The van der Waals surface area contributed by atoms with Gasteiger partial charge >= 0.3 is 0 Å². The smallest absolute Gasteiger partial charge is 0.0964 e. The third-order valence-corrected chi connectivity index (χ3v) is 1.75. The standard InChI is InChI=1S/C5H9IN2/c1-2-5-3-8(6)4-7-5/h3,7H,2,4H2,1H3. The summed E-state index contributed by atoms with van der Waals surface area (Å²) in [5.74, 6) is 0. The Labute approximate surface area is 63.4 Å². The monoisotopic (exact) mass is 224 g/mol. The summed E-state index contributed by atoms with van der Waals surface area (Å²) in [6.45, 7) is 3.11. The van der Waals surface area contributed by atoms with E-state index in [9.17, 15) is 0 Å². The number of rotatable bonds is 1. The van der Waals surface area contributed by atoms with Crippen LogP contribution in [0.4, 0.5) is 0 Å². The van der Waals surface area contributed by atoms with E-state index in [0.717, 1.165) is 13.1 Å². The van der Waals surface area contributed by atoms with Gasteiger partial charge in [-0.1, -0.05) is 6.92 Å². The number of hydrogen-bond acceptors (Lipinski definition) is 2. The van der Waals surface area contributed by atoms with E-state index in [-0.39, 0.29) is 0 Å². The Morgan fingerprint density at radius 2 is 2.75 bits per heavy atom. The first kappa shape index (κ1) is 6.19. The summed E-state index contributed by atoms with van der Waals surface area (Å²) < 4.78 is 2.11. The molecule has 0 aromatic carbocycles. The fraction of sp³-hybridized carbons (Fsp3) is 0.600. The Balaban J connectivity index is 2.44. The van der Waals surface area contributed by atoms with Crippen LogP contribution in [-0.2, 0) is 0 Å². The van der Waals surface area contributed by atoms with Crippen LogP contribution in [0.5, 0.6) is 0 Å². The minimum absolute atomic E-state index is 0.962. The lowest BCUT2D eigenvalue weighted by atomic mass is 10.4. The van der Waals surface area contributed by atoms with Crippen molar-refractivity contribution in [3.63, 3.8) is 0 Å². The molecule has 8 heavy (non-hydrogen) atoms. The van der Waals surface area contributed by atoms with Gasteiger partial charge in [0.1, 0.15) is 0 Å². The van der Waals surface area contributed by atoms with Gasteiger partial charge in [-0.3, -0.25) is 0 Å². The maximum Gasteiger partial charge on any atom is 0.0964 e. The van der Waals surface area contributed by atoms with Crippen molar-refractivity contribution in [3.05, 3.63) is 11.9 Å². The van der Waals surface area contributed by atoms with Gasteiger partial charge in [0.25, 0.3) is 0 Å². The molecule has 0 unspecified atom stereocenters. The summed E-state index contributed by atoms with van der Waals surface area (Å²) in [4.78, 5) is 0. The average molecular weight is 224 g/mol. The molecule has 1 heterocycles. The van der Waals surface area contributed by atoms with Crippen molar-refractivity contribution < 1.29 is 0 Å². The van der Waals surface area contributed by atoms with E-state index in [1.54, 1.807) is 0 Å². The van der Waals surface area contributed by atoms with Gasteiger partial charge in [0.05, 0.1) is 29.5 Å². The van der Waals surface area contributed by atoms with Gasteiger partial charge in [-0.05, 0) is 6.42 Å². The normalized spacial score (nSPS) is 18.2. The third kappa shape index (κ3) is 1.27. The van der Waals surface area contributed by atoms with Gasteiger partial charge in [-0.2, -0.15) is 0 Å². The summed E-state index contributed by atoms with van der Waals surface area (Å²) in [6.07, 6.45) is 3.24. The summed E-state index contributed by atoms with van der Waals surface area (Å²) in [5, 5.41) is 3.24. The second-order valence-electron chi connectivity index (χ2n) is 1.74. The highest BCUT2D eigenvalue weighted by atomic mass is 127. The van der Waals surface area contributed by atoms with Gasteiger partial charge in [0, 0.05) is 11.9 Å². The lowest BCUT2D eigenvalue weighted by Crippen LogP contribution is -2.12. The minimum Gasteiger partial charge on any atom is -0.369 e. The predicted molar refractivity (Wildman–Crippen MR) is 42.2 cm³/mol. The van der Waals surface area contributed by atoms with Crippen LogP contribution >= 0.6 is 22.9 Å². The molecule has 2 nitrogen and oxygen atoms in total. The minimum atomic E-state index is 0.962. The van der Waals surface area contributed by atoms with Crippen LogP contribution < -0.4 is 5.32 Å². The molecule has 1 rings (SSSR count). The van der Waals surface area contributed by atoms with Crippen molar-refractivity contribution in [1.29, 1.82) is 0 Å². The molecule has 1 N–H and O–H groups in total. The molecule has 3 heteroatoms. The van der Waals surface area contributed by atoms with Crippen LogP contribution in [0, 0.1) is 0 Å². The quantitative estimate of drug-likeness (QED) is 0.535. The Hall–Kier alpha value is 0.0700. The zero-order valence-electron chi connectivity index (χ0n) is 4.82. The molecule has 0 saturated heterocycles. The molecule has 0 spiro atoms. The van der Waals surface area contributed by atoms with Gasteiger partial charge in [-0.25, -0.2) is 0 Å². The van der Waals surface area contributed by atoms with Crippen LogP contribution in [0.2, 0.25) is 0 Å². The van der Waals surface area contributed by atoms with Crippen molar-refractivity contribution in [2.45, 2.75) is 13.3 Å². The van der Waals surface area contributed by atoms with Gasteiger partial charge in [0.15, 0.2) is 0 Å². The number of allylic oxidation sites excluding steroid dienone is 1. The van der Waals surface area contributed by atoms with E-state index in [4.69, 9.17) is 0 Å². The molecule has 0 aromatic heterocycles. The molecule has 0 aliphatic carbocycles. The van der Waals surface area contributed by atoms with Crippen molar-refractivity contribution in [2.75, 3.05) is 6.67 Å². The first-order chi connectivity index (χ1) is 3.83. The number of nitrogens with one attached hydrogen (secondary N) is 1. The molecule has 0 radical (unpaired) electrons.